The van der Waals surface area contributed by atoms with E-state index in [1.54, 1.807) is 0 Å². The van der Waals surface area contributed by atoms with E-state index in [0.29, 0.717) is 5.56 Å². The number of nitrogens with one attached hydrogen (secondary N) is 2. The van der Waals surface area contributed by atoms with Gasteiger partial charge < -0.3 is 16.0 Å². The van der Waals surface area contributed by atoms with Crippen molar-refractivity contribution in [2.45, 2.75) is 12.7 Å². The first-order valence-electron chi connectivity index (χ1n) is 10.4. The minimum atomic E-state index is -4.79. The number of pyridine rings is 2. The molecule has 13 heteroatoms. The van der Waals surface area contributed by atoms with E-state index in [1.807, 2.05) is 6.07 Å². The highest BCUT2D eigenvalue weighted by Crippen LogP contribution is 2.40. The molecule has 0 fully saturated rings. The zero-order valence-corrected chi connectivity index (χ0v) is 18.4. The largest absolute Gasteiger partial charge is 0.435 e. The van der Waals surface area contributed by atoms with E-state index in [9.17, 15) is 27.2 Å². The second kappa shape index (κ2) is 8.28. The molecule has 5 aromatic rings. The van der Waals surface area contributed by atoms with E-state index in [2.05, 4.69) is 25.4 Å². The molecule has 0 aliphatic heterocycles. The Labute approximate surface area is 199 Å². The molecule has 4 N–H and O–H groups in total. The number of anilines is 1. The summed E-state index contributed by atoms with van der Waals surface area (Å²) >= 11 is 0. The summed E-state index contributed by atoms with van der Waals surface area (Å²) in [4.78, 5) is 11.3. The molecule has 4 aromatic heterocycles. The summed E-state index contributed by atoms with van der Waals surface area (Å²) in [7, 11) is 1.40. The molecule has 8 nitrogen and oxygen atoms in total. The lowest BCUT2D eigenvalue weighted by atomic mass is 10.0. The first-order valence-corrected chi connectivity index (χ1v) is 10.4. The number of benzene rings is 1. The van der Waals surface area contributed by atoms with Gasteiger partial charge in [-0.15, -0.1) is 0 Å². The predicted molar refractivity (Wildman–Crippen MR) is 121 cm³/mol. The van der Waals surface area contributed by atoms with Crippen LogP contribution in [0.1, 0.15) is 16.8 Å². The van der Waals surface area contributed by atoms with Crippen LogP contribution in [0.3, 0.4) is 0 Å². The maximum Gasteiger partial charge on any atom is 0.435 e. The number of hydrogen-bond acceptors (Lipinski definition) is 6. The number of rotatable bonds is 4. The van der Waals surface area contributed by atoms with Crippen LogP contribution in [-0.2, 0) is 12.7 Å². The number of H-pyrrole nitrogens is 1. The average Bonchev–Trinajstić information content (AvgIpc) is 3.46. The van der Waals surface area contributed by atoms with Gasteiger partial charge in [-0.1, -0.05) is 0 Å². The van der Waals surface area contributed by atoms with Crippen molar-refractivity contribution in [3.05, 3.63) is 65.4 Å². The standard InChI is InChI=1S/C23H15F5N8/c1-31-19-17(25)15(24)3-13-16-20(36-9-12(5-30)21(35-36)23(26,27)28)14(8-33-22(16)34-18(13)19)11-2-10(4-29)6-32-7-11/h2-3,6-9,31H,5,30H2,1H3,(H,33,34). The van der Waals surface area contributed by atoms with Gasteiger partial charge in [-0.05, 0) is 12.1 Å². The molecule has 0 aliphatic carbocycles. The van der Waals surface area contributed by atoms with Gasteiger partial charge in [0.25, 0.3) is 0 Å². The fourth-order valence-electron chi connectivity index (χ4n) is 4.17. The van der Waals surface area contributed by atoms with E-state index in [1.165, 1.54) is 31.7 Å². The smallest absolute Gasteiger partial charge is 0.384 e. The van der Waals surface area contributed by atoms with Crippen molar-refractivity contribution >= 4 is 27.6 Å². The number of alkyl halides is 3. The number of nitriles is 1. The summed E-state index contributed by atoms with van der Waals surface area (Å²) in [5.74, 6) is -2.30. The topological polar surface area (TPSA) is 121 Å². The molecule has 0 spiro atoms. The molecule has 4 heterocycles. The number of aromatic amines is 1. The number of halogens is 5. The van der Waals surface area contributed by atoms with Crippen molar-refractivity contribution in [3.63, 3.8) is 0 Å². The Morgan fingerprint density at radius 2 is 1.97 bits per heavy atom. The monoisotopic (exact) mass is 498 g/mol. The lowest BCUT2D eigenvalue weighted by Gasteiger charge is -2.12. The highest BCUT2D eigenvalue weighted by molar-refractivity contribution is 6.15. The molecule has 0 bridgehead atoms. The van der Waals surface area contributed by atoms with Crippen LogP contribution in [0.15, 0.2) is 36.9 Å². The normalized spacial score (nSPS) is 11.8. The van der Waals surface area contributed by atoms with Crippen molar-refractivity contribution in [2.75, 3.05) is 12.4 Å². The van der Waals surface area contributed by atoms with Crippen LogP contribution in [0.2, 0.25) is 0 Å². The Hall–Kier alpha value is -4.57. The first-order chi connectivity index (χ1) is 17.2. The van der Waals surface area contributed by atoms with Crippen molar-refractivity contribution in [2.24, 2.45) is 5.73 Å². The minimum absolute atomic E-state index is 0.0846. The molecule has 36 heavy (non-hydrogen) atoms. The fourth-order valence-corrected chi connectivity index (χ4v) is 4.17. The van der Waals surface area contributed by atoms with Crippen LogP contribution in [0.4, 0.5) is 27.6 Å². The van der Waals surface area contributed by atoms with Crippen LogP contribution >= 0.6 is 0 Å². The van der Waals surface area contributed by atoms with Gasteiger partial charge in [-0.25, -0.2) is 18.4 Å². The molecule has 0 radical (unpaired) electrons. The average molecular weight is 498 g/mol. The molecule has 0 saturated carbocycles. The third-order valence-electron chi connectivity index (χ3n) is 5.72. The van der Waals surface area contributed by atoms with Gasteiger partial charge in [0.15, 0.2) is 17.3 Å². The molecular formula is C23H15F5N8. The molecule has 0 aliphatic rings. The van der Waals surface area contributed by atoms with Crippen LogP contribution in [0.25, 0.3) is 38.8 Å². The van der Waals surface area contributed by atoms with E-state index in [-0.39, 0.29) is 50.0 Å². The molecule has 182 valence electrons. The Morgan fingerprint density at radius 3 is 2.61 bits per heavy atom. The molecular weight excluding hydrogens is 483 g/mol. The van der Waals surface area contributed by atoms with Gasteiger partial charge in [-0.2, -0.15) is 23.5 Å². The molecule has 0 atom stereocenters. The van der Waals surface area contributed by atoms with Crippen molar-refractivity contribution in [1.82, 2.24) is 24.7 Å². The SMILES string of the molecule is CNc1c(F)c(F)cc2c1[nH]c1ncc(-c3cncc(C#N)c3)c(-n3cc(CN)c(C(F)(F)F)n3)c12. The quantitative estimate of drug-likeness (QED) is 0.311. The van der Waals surface area contributed by atoms with E-state index in [4.69, 9.17) is 5.73 Å². The van der Waals surface area contributed by atoms with Gasteiger partial charge in [0.05, 0.1) is 27.8 Å². The summed E-state index contributed by atoms with van der Waals surface area (Å²) in [6.45, 7) is -0.443. The number of fused-ring (bicyclic) bond motifs is 3. The number of nitrogens with two attached hydrogens (primary N) is 1. The van der Waals surface area contributed by atoms with Crippen LogP contribution in [-0.4, -0.2) is 31.8 Å². The number of aromatic nitrogens is 5. The Bertz CT molecular complexity index is 1690. The number of nitrogens with zero attached hydrogens (tertiary/aromatic N) is 5. The third-order valence-corrected chi connectivity index (χ3v) is 5.72. The Balaban J connectivity index is 1.96. The highest BCUT2D eigenvalue weighted by Gasteiger charge is 2.37. The highest BCUT2D eigenvalue weighted by atomic mass is 19.4. The summed E-state index contributed by atoms with van der Waals surface area (Å²) in [6.07, 6.45) is 0.414. The predicted octanol–water partition coefficient (Wildman–Crippen LogP) is 4.63. The van der Waals surface area contributed by atoms with Crippen LogP contribution in [0.5, 0.6) is 0 Å². The van der Waals surface area contributed by atoms with Gasteiger partial charge in [0, 0.05) is 60.5 Å². The third kappa shape index (κ3) is 3.50. The van der Waals surface area contributed by atoms with Crippen molar-refractivity contribution in [3.8, 4) is 22.9 Å². The molecule has 0 saturated heterocycles. The Morgan fingerprint density at radius 1 is 1.19 bits per heavy atom. The van der Waals surface area contributed by atoms with Crippen molar-refractivity contribution < 1.29 is 22.0 Å². The zero-order valence-electron chi connectivity index (χ0n) is 18.4. The first kappa shape index (κ1) is 23.2. The molecule has 0 unspecified atom stereocenters. The molecule has 5 rings (SSSR count). The maximum absolute atomic E-state index is 14.6. The molecule has 0 amide bonds. The fraction of sp³-hybridized carbons (Fsp3) is 0.130. The maximum atomic E-state index is 14.6. The van der Waals surface area contributed by atoms with Gasteiger partial charge >= 0.3 is 6.18 Å². The van der Waals surface area contributed by atoms with Gasteiger partial charge in [0.2, 0.25) is 0 Å². The lowest BCUT2D eigenvalue weighted by Crippen LogP contribution is -2.11. The van der Waals surface area contributed by atoms with E-state index < -0.39 is 30.0 Å². The van der Waals surface area contributed by atoms with Gasteiger partial charge in [0.1, 0.15) is 11.7 Å². The van der Waals surface area contributed by atoms with Crippen LogP contribution < -0.4 is 11.1 Å². The molecule has 1 aromatic carbocycles. The van der Waals surface area contributed by atoms with E-state index in [0.717, 1.165) is 16.9 Å². The Kier molecular flexibility index (Phi) is 5.33. The lowest BCUT2D eigenvalue weighted by molar-refractivity contribution is -0.141. The summed E-state index contributed by atoms with van der Waals surface area (Å²) in [5, 5.41) is 16.0. The summed E-state index contributed by atoms with van der Waals surface area (Å²) in [6, 6.07) is 4.36. The van der Waals surface area contributed by atoms with Crippen molar-refractivity contribution in [1.29, 1.82) is 5.26 Å². The van der Waals surface area contributed by atoms with Crippen LogP contribution in [0, 0.1) is 23.0 Å². The van der Waals surface area contributed by atoms with E-state index >= 15 is 0 Å². The second-order valence-electron chi connectivity index (χ2n) is 7.81. The van der Waals surface area contributed by atoms with Gasteiger partial charge in [-0.3, -0.25) is 4.98 Å². The second-order valence-corrected chi connectivity index (χ2v) is 7.81. The summed E-state index contributed by atoms with van der Waals surface area (Å²) in [5.41, 5.74) is 5.12. The zero-order chi connectivity index (χ0) is 25.8. The summed E-state index contributed by atoms with van der Waals surface area (Å²) < 4.78 is 71.1. The minimum Gasteiger partial charge on any atom is -0.384 e. The number of hydrogen-bond donors (Lipinski definition) is 3.